The maximum atomic E-state index is 12.1. The Kier molecular flexibility index (Phi) is 12.5. The second-order valence-corrected chi connectivity index (χ2v) is 8.27. The molecule has 0 amide bonds. The van der Waals surface area contributed by atoms with Gasteiger partial charge in [-0.2, -0.15) is 0 Å². The van der Waals surface area contributed by atoms with Crippen molar-refractivity contribution in [1.29, 1.82) is 0 Å². The molecule has 0 atom stereocenters. The maximum Gasteiger partial charge on any atom is 0.338 e. The number of hydrogen-bond acceptors (Lipinski definition) is 3. The highest BCUT2D eigenvalue weighted by atomic mass is 16.5. The largest absolute Gasteiger partial charge is 0.494 e. The Balaban J connectivity index is 1.69. The first-order valence-corrected chi connectivity index (χ1v) is 12.2. The van der Waals surface area contributed by atoms with Crippen LogP contribution in [0.3, 0.4) is 0 Å². The molecule has 0 aromatic heterocycles. The third-order valence-electron chi connectivity index (χ3n) is 5.56. The van der Waals surface area contributed by atoms with Gasteiger partial charge in [0, 0.05) is 0 Å². The molecule has 2 aromatic rings. The van der Waals surface area contributed by atoms with Gasteiger partial charge in [-0.05, 0) is 48.2 Å². The SMILES string of the molecule is CCCCCCCCCCOc1ccc(-c2ccc(C(=O)OCCCCC)cc2)cc1. The topological polar surface area (TPSA) is 35.5 Å². The van der Waals surface area contributed by atoms with Crippen LogP contribution in [0.5, 0.6) is 5.75 Å². The normalized spacial score (nSPS) is 10.8. The summed E-state index contributed by atoms with van der Waals surface area (Å²) in [6.45, 7) is 5.67. The summed E-state index contributed by atoms with van der Waals surface area (Å²) in [6.07, 6.45) is 13.6. The van der Waals surface area contributed by atoms with Gasteiger partial charge < -0.3 is 9.47 Å². The molecule has 2 aromatic carbocycles. The van der Waals surface area contributed by atoms with Crippen LogP contribution in [0.1, 0.15) is 94.8 Å². The zero-order valence-electron chi connectivity index (χ0n) is 19.5. The molecule has 0 fully saturated rings. The first kappa shape index (κ1) is 25.0. The molecule has 3 nitrogen and oxygen atoms in total. The van der Waals surface area contributed by atoms with Gasteiger partial charge in [-0.3, -0.25) is 0 Å². The molecule has 0 spiro atoms. The summed E-state index contributed by atoms with van der Waals surface area (Å²) in [5, 5.41) is 0. The van der Waals surface area contributed by atoms with Crippen molar-refractivity contribution in [3.05, 3.63) is 54.1 Å². The van der Waals surface area contributed by atoms with Crippen LogP contribution >= 0.6 is 0 Å². The minimum Gasteiger partial charge on any atom is -0.494 e. The van der Waals surface area contributed by atoms with Gasteiger partial charge in [0.25, 0.3) is 0 Å². The third kappa shape index (κ3) is 10.0. The van der Waals surface area contributed by atoms with E-state index in [-0.39, 0.29) is 5.97 Å². The molecular weight excluding hydrogens is 384 g/mol. The highest BCUT2D eigenvalue weighted by molar-refractivity contribution is 5.90. The minimum atomic E-state index is -0.243. The summed E-state index contributed by atoms with van der Waals surface area (Å²) in [6, 6.07) is 15.8. The van der Waals surface area contributed by atoms with Crippen molar-refractivity contribution in [2.24, 2.45) is 0 Å². The smallest absolute Gasteiger partial charge is 0.338 e. The molecule has 0 heterocycles. The number of hydrogen-bond donors (Lipinski definition) is 0. The number of carbonyl (C=O) groups excluding carboxylic acids is 1. The Morgan fingerprint density at radius 3 is 1.71 bits per heavy atom. The first-order chi connectivity index (χ1) is 15.2. The van der Waals surface area contributed by atoms with Gasteiger partial charge in [0.15, 0.2) is 0 Å². The Morgan fingerprint density at radius 2 is 1.10 bits per heavy atom. The van der Waals surface area contributed by atoms with E-state index in [9.17, 15) is 4.79 Å². The minimum absolute atomic E-state index is 0.243. The number of ether oxygens (including phenoxy) is 2. The Bertz CT molecular complexity index is 719. The molecule has 0 unspecified atom stereocenters. The van der Waals surface area contributed by atoms with Crippen molar-refractivity contribution in [3.63, 3.8) is 0 Å². The molecule has 2 rings (SSSR count). The predicted octanol–water partition coefficient (Wildman–Crippen LogP) is 8.22. The van der Waals surface area contributed by atoms with Gasteiger partial charge in [-0.15, -0.1) is 0 Å². The van der Waals surface area contributed by atoms with E-state index in [1.807, 2.05) is 36.4 Å². The van der Waals surface area contributed by atoms with Crippen LogP contribution < -0.4 is 4.74 Å². The van der Waals surface area contributed by atoms with Crippen molar-refractivity contribution in [2.45, 2.75) is 84.5 Å². The lowest BCUT2D eigenvalue weighted by molar-refractivity contribution is 0.0498. The van der Waals surface area contributed by atoms with Crippen LogP contribution in [0.2, 0.25) is 0 Å². The highest BCUT2D eigenvalue weighted by Gasteiger charge is 2.07. The van der Waals surface area contributed by atoms with E-state index in [1.54, 1.807) is 0 Å². The van der Waals surface area contributed by atoms with Gasteiger partial charge in [-0.1, -0.05) is 95.9 Å². The molecule has 0 saturated heterocycles. The fourth-order valence-electron chi connectivity index (χ4n) is 3.57. The summed E-state index contributed by atoms with van der Waals surface area (Å²) in [4.78, 5) is 12.1. The van der Waals surface area contributed by atoms with E-state index in [0.29, 0.717) is 12.2 Å². The molecule has 0 radical (unpaired) electrons. The van der Waals surface area contributed by atoms with Crippen LogP contribution in [-0.2, 0) is 4.74 Å². The van der Waals surface area contributed by atoms with E-state index in [1.165, 1.54) is 44.9 Å². The lowest BCUT2D eigenvalue weighted by atomic mass is 10.0. The standard InChI is InChI=1S/C28H40O3/c1-3-5-7-8-9-10-11-13-22-30-27-20-18-25(19-21-27)24-14-16-26(17-15-24)28(29)31-23-12-6-4-2/h14-21H,3-13,22-23H2,1-2H3. The van der Waals surface area contributed by atoms with Gasteiger partial charge in [-0.25, -0.2) is 4.79 Å². The van der Waals surface area contributed by atoms with Crippen molar-refractivity contribution < 1.29 is 14.3 Å². The molecule has 3 heteroatoms. The van der Waals surface area contributed by atoms with E-state index in [2.05, 4.69) is 26.0 Å². The molecule has 31 heavy (non-hydrogen) atoms. The second kappa shape index (κ2) is 15.5. The average Bonchev–Trinajstić information content (AvgIpc) is 2.81. The molecule has 170 valence electrons. The lowest BCUT2D eigenvalue weighted by Crippen LogP contribution is -2.06. The van der Waals surface area contributed by atoms with Crippen LogP contribution in [0.25, 0.3) is 11.1 Å². The molecule has 0 bridgehead atoms. The van der Waals surface area contributed by atoms with E-state index < -0.39 is 0 Å². The number of rotatable bonds is 16. The fourth-order valence-corrected chi connectivity index (χ4v) is 3.57. The number of benzene rings is 2. The number of carbonyl (C=O) groups is 1. The Morgan fingerprint density at radius 1 is 0.613 bits per heavy atom. The number of unbranched alkanes of at least 4 members (excludes halogenated alkanes) is 9. The Labute approximate surface area is 189 Å². The maximum absolute atomic E-state index is 12.1. The zero-order valence-corrected chi connectivity index (χ0v) is 19.5. The first-order valence-electron chi connectivity index (χ1n) is 12.2. The fraction of sp³-hybridized carbons (Fsp3) is 0.536. The van der Waals surface area contributed by atoms with E-state index in [4.69, 9.17) is 9.47 Å². The lowest BCUT2D eigenvalue weighted by Gasteiger charge is -2.08. The molecule has 0 aliphatic rings. The van der Waals surface area contributed by atoms with Crippen molar-refractivity contribution >= 4 is 5.97 Å². The number of esters is 1. The Hall–Kier alpha value is -2.29. The average molecular weight is 425 g/mol. The van der Waals surface area contributed by atoms with Crippen molar-refractivity contribution in [1.82, 2.24) is 0 Å². The summed E-state index contributed by atoms with van der Waals surface area (Å²) in [7, 11) is 0. The van der Waals surface area contributed by atoms with Crippen LogP contribution in [-0.4, -0.2) is 19.2 Å². The van der Waals surface area contributed by atoms with Crippen LogP contribution in [0.15, 0.2) is 48.5 Å². The summed E-state index contributed by atoms with van der Waals surface area (Å²) in [5.41, 5.74) is 2.80. The third-order valence-corrected chi connectivity index (χ3v) is 5.56. The molecule has 0 aliphatic carbocycles. The zero-order chi connectivity index (χ0) is 22.2. The molecule has 0 N–H and O–H groups in total. The molecular formula is C28H40O3. The van der Waals surface area contributed by atoms with Crippen molar-refractivity contribution in [2.75, 3.05) is 13.2 Å². The van der Waals surface area contributed by atoms with Crippen molar-refractivity contribution in [3.8, 4) is 16.9 Å². The molecule has 0 saturated carbocycles. The second-order valence-electron chi connectivity index (χ2n) is 8.27. The summed E-state index contributed by atoms with van der Waals surface area (Å²) in [5.74, 6) is 0.673. The highest BCUT2D eigenvalue weighted by Crippen LogP contribution is 2.23. The van der Waals surface area contributed by atoms with Gasteiger partial charge >= 0.3 is 5.97 Å². The van der Waals surface area contributed by atoms with Gasteiger partial charge in [0.2, 0.25) is 0 Å². The van der Waals surface area contributed by atoms with E-state index in [0.717, 1.165) is 49.2 Å². The van der Waals surface area contributed by atoms with Crippen LogP contribution in [0.4, 0.5) is 0 Å². The summed E-state index contributed by atoms with van der Waals surface area (Å²) >= 11 is 0. The van der Waals surface area contributed by atoms with Gasteiger partial charge in [0.1, 0.15) is 5.75 Å². The summed E-state index contributed by atoms with van der Waals surface area (Å²) < 4.78 is 11.2. The quantitative estimate of drug-likeness (QED) is 0.201. The van der Waals surface area contributed by atoms with Gasteiger partial charge in [0.05, 0.1) is 18.8 Å². The monoisotopic (exact) mass is 424 g/mol. The van der Waals surface area contributed by atoms with Crippen LogP contribution in [0, 0.1) is 0 Å². The molecule has 0 aliphatic heterocycles. The van der Waals surface area contributed by atoms with E-state index >= 15 is 0 Å². The predicted molar refractivity (Wildman–Crippen MR) is 130 cm³/mol.